The van der Waals surface area contributed by atoms with Crippen molar-refractivity contribution in [1.29, 1.82) is 0 Å². The van der Waals surface area contributed by atoms with Crippen molar-refractivity contribution in [3.8, 4) is 0 Å². The quantitative estimate of drug-likeness (QED) is 0.0611. The summed E-state index contributed by atoms with van der Waals surface area (Å²) in [6.07, 6.45) is 0. The van der Waals surface area contributed by atoms with Gasteiger partial charge in [0.1, 0.15) is 0 Å². The standard InChI is InChI=1S/3C26H58SSi6.Bi/c3*1-28(2,3)25(29(4,5)6,30(7,8)9)22-20-19-21-23(24(22)27)26(31(10,11)12,32(13,14)15)33(16,17)18;/h3*19-21,27H,1-18H3;/q;;;+3/p-3. The Kier molecular flexibility index (Phi) is 28.7. The summed E-state index contributed by atoms with van der Waals surface area (Å²) in [7, 11) is -29.2. The SMILES string of the molecule is C[Si](C)(C)C(c1cccc(C([Si](C)(C)C)([Si](C)(C)C)[Si](C)(C)C)c1[S][Bi]([S]c1c(C([Si](C)(C)C)([Si](C)(C)C)[Si](C)(C)C)cccc1C([Si](C)(C)C)([Si](C)(C)C)[Si](C)(C)C)[S]c1c(C([Si](C)(C)C)([Si](C)(C)C)[Si](C)(C)C)cccc1C([Si](C)(C)C)([Si](C)(C)C)[Si](C)(C)C)([Si](C)(C)C)[Si](C)(C)C. The predicted octanol–water partition coefficient (Wildman–Crippen LogP) is 29.6. The van der Waals surface area contributed by atoms with Gasteiger partial charge in [-0.25, -0.2) is 0 Å². The van der Waals surface area contributed by atoms with Crippen molar-refractivity contribution in [2.45, 2.75) is 394 Å². The zero-order valence-corrected chi connectivity index (χ0v) is 101. The third kappa shape index (κ3) is 15.7. The fraction of sp³-hybridized carbons (Fsp3) is 0.769. The van der Waals surface area contributed by atoms with Crippen LogP contribution in [0.2, 0.25) is 354 Å². The monoisotopic (exact) mass is 1920 g/mol. The van der Waals surface area contributed by atoms with Crippen LogP contribution in [-0.2, 0) is 25.7 Å². The molecule has 0 aliphatic carbocycles. The van der Waals surface area contributed by atoms with Crippen molar-refractivity contribution in [3.05, 3.63) is 88.0 Å². The molecule has 0 aliphatic heterocycles. The van der Waals surface area contributed by atoms with E-state index >= 15 is 0 Å². The van der Waals surface area contributed by atoms with E-state index in [-0.39, 0.29) is 25.7 Å². The number of benzene rings is 3. The van der Waals surface area contributed by atoms with E-state index in [0.717, 1.165) is 0 Å². The average molecular weight is 1920 g/mol. The summed E-state index contributed by atoms with van der Waals surface area (Å²) in [5.41, 5.74) is 11.3. The van der Waals surface area contributed by atoms with Crippen LogP contribution in [-0.4, -0.2) is 163 Å². The molecule has 0 radical (unpaired) electrons. The molecule has 0 nitrogen and oxygen atoms in total. The van der Waals surface area contributed by atoms with Gasteiger partial charge in [-0.05, 0) is 0 Å². The van der Waals surface area contributed by atoms with Gasteiger partial charge in [0.2, 0.25) is 0 Å². The summed E-state index contributed by atoms with van der Waals surface area (Å²) in [5.74, 6) is 0. The van der Waals surface area contributed by atoms with E-state index in [0.29, 0.717) is 0 Å². The summed E-state index contributed by atoms with van der Waals surface area (Å²) in [5, 5.41) is 0. The fourth-order valence-corrected chi connectivity index (χ4v) is 244. The first-order valence-electron chi connectivity index (χ1n) is 39.4. The Labute approximate surface area is 662 Å². The summed E-state index contributed by atoms with van der Waals surface area (Å²) < 4.78 is 1.18. The van der Waals surface area contributed by atoms with Crippen LogP contribution in [0.5, 0.6) is 0 Å². The molecular formula is C78H171BiS3Si18. The van der Waals surface area contributed by atoms with E-state index in [4.69, 9.17) is 0 Å². The molecule has 0 N–H and O–H groups in total. The average Bonchev–Trinajstić information content (AvgIpc) is 0.690. The molecule has 0 unspecified atom stereocenters. The minimum absolute atomic E-state index is 0.197. The minimum atomic E-state index is -3.66. The van der Waals surface area contributed by atoms with Gasteiger partial charge in [0.05, 0.1) is 0 Å². The van der Waals surface area contributed by atoms with Crippen molar-refractivity contribution in [1.82, 2.24) is 0 Å². The molecule has 578 valence electrons. The maximum atomic E-state index is 2.92. The first-order valence-corrected chi connectivity index (χ1v) is 117. The number of hydrogen-bond acceptors (Lipinski definition) is 3. The van der Waals surface area contributed by atoms with Crippen LogP contribution in [0.25, 0.3) is 0 Å². The molecule has 0 bridgehead atoms. The Morgan fingerprint density at radius 1 is 0.160 bits per heavy atom. The van der Waals surface area contributed by atoms with Gasteiger partial charge in [-0.1, -0.05) is 0 Å². The second-order valence-electron chi connectivity index (χ2n) is 50.5. The third-order valence-electron chi connectivity index (χ3n) is 26.2. The van der Waals surface area contributed by atoms with E-state index in [1.165, 1.54) is 0 Å². The summed E-state index contributed by atoms with van der Waals surface area (Å²) in [6.45, 7) is 156. The van der Waals surface area contributed by atoms with Crippen LogP contribution in [0.15, 0.2) is 69.3 Å². The summed E-state index contributed by atoms with van der Waals surface area (Å²) >= 11 is -3.66. The number of rotatable bonds is 30. The maximum absolute atomic E-state index is 3.66. The predicted molar refractivity (Wildman–Crippen MR) is 533 cm³/mol. The first kappa shape index (κ1) is 97.7. The van der Waals surface area contributed by atoms with Gasteiger partial charge in [0, 0.05) is 0 Å². The Bertz CT molecular complexity index is 2580. The molecule has 0 saturated carbocycles. The molecule has 0 amide bonds. The normalized spacial score (nSPS) is 16.1. The van der Waals surface area contributed by atoms with Crippen LogP contribution in [0, 0.1) is 0 Å². The molecule has 0 atom stereocenters. The van der Waals surface area contributed by atoms with Gasteiger partial charge in [-0.3, -0.25) is 0 Å². The Morgan fingerprint density at radius 3 is 0.310 bits per heavy atom. The molecule has 100 heavy (non-hydrogen) atoms. The molecule has 3 aromatic carbocycles. The second kappa shape index (κ2) is 29.4. The van der Waals surface area contributed by atoms with Crippen LogP contribution >= 0.6 is 25.6 Å². The van der Waals surface area contributed by atoms with Crippen molar-refractivity contribution in [3.63, 3.8) is 0 Å². The molecule has 0 heterocycles. The van der Waals surface area contributed by atoms with E-state index in [1.54, 1.807) is 0 Å². The van der Waals surface area contributed by atoms with E-state index in [9.17, 15) is 0 Å². The second-order valence-corrected chi connectivity index (χ2v) is 180. The Hall–Kier alpha value is 3.50. The zero-order valence-electron chi connectivity index (χ0n) is 77.4. The van der Waals surface area contributed by atoms with Gasteiger partial charge in [0.15, 0.2) is 0 Å². The van der Waals surface area contributed by atoms with E-state index in [1.807, 2.05) is 48.1 Å². The zero-order chi connectivity index (χ0) is 80.3. The molecule has 22 heteroatoms. The van der Waals surface area contributed by atoms with Crippen molar-refractivity contribution < 1.29 is 0 Å². The van der Waals surface area contributed by atoms with Crippen LogP contribution in [0.4, 0.5) is 0 Å². The Morgan fingerprint density at radius 2 is 0.240 bits per heavy atom. The van der Waals surface area contributed by atoms with Crippen molar-refractivity contribution in [2.24, 2.45) is 0 Å². The van der Waals surface area contributed by atoms with Crippen molar-refractivity contribution in [2.75, 3.05) is 0 Å². The topological polar surface area (TPSA) is 0 Å². The third-order valence-corrected chi connectivity index (χ3v) is 178. The van der Waals surface area contributed by atoms with E-state index < -0.39 is 163 Å². The fourth-order valence-electron chi connectivity index (χ4n) is 31.5. The number of hydrogen-bond donors (Lipinski definition) is 0. The molecular weight excluding hydrogens is 1750 g/mol. The van der Waals surface area contributed by atoms with E-state index in [2.05, 4.69) is 434 Å². The first-order chi connectivity index (χ1) is 43.1. The van der Waals surface area contributed by atoms with Crippen LogP contribution in [0.3, 0.4) is 0 Å². The van der Waals surface area contributed by atoms with Gasteiger partial charge < -0.3 is 0 Å². The van der Waals surface area contributed by atoms with Crippen LogP contribution in [0.1, 0.15) is 33.4 Å². The molecule has 0 aliphatic rings. The van der Waals surface area contributed by atoms with Gasteiger partial charge in [-0.2, -0.15) is 0 Å². The van der Waals surface area contributed by atoms with Gasteiger partial charge in [0.25, 0.3) is 0 Å². The summed E-state index contributed by atoms with van der Waals surface area (Å²) in [6, 6.07) is 25.7. The van der Waals surface area contributed by atoms with Gasteiger partial charge in [-0.15, -0.1) is 0 Å². The molecule has 3 rings (SSSR count). The van der Waals surface area contributed by atoms with Gasteiger partial charge >= 0.3 is 670 Å². The van der Waals surface area contributed by atoms with Crippen LogP contribution < -0.4 is 0 Å². The molecule has 0 fully saturated rings. The molecule has 0 saturated heterocycles. The Balaban J connectivity index is 3.68. The molecule has 0 spiro atoms. The molecule has 0 aromatic heterocycles. The summed E-state index contributed by atoms with van der Waals surface area (Å²) in [4.78, 5) is 5.65. The van der Waals surface area contributed by atoms with Crippen molar-refractivity contribution >= 4 is 188 Å². The molecule has 3 aromatic rings.